The van der Waals surface area contributed by atoms with E-state index < -0.39 is 5.97 Å². The van der Waals surface area contributed by atoms with Gasteiger partial charge in [0.2, 0.25) is 0 Å². The third-order valence-electron chi connectivity index (χ3n) is 5.68. The normalized spacial score (nSPS) is 16.5. The van der Waals surface area contributed by atoms with Crippen molar-refractivity contribution < 1.29 is 9.90 Å². The van der Waals surface area contributed by atoms with Crippen LogP contribution in [0.2, 0.25) is 5.02 Å². The van der Waals surface area contributed by atoms with Gasteiger partial charge >= 0.3 is 5.97 Å². The van der Waals surface area contributed by atoms with E-state index in [9.17, 15) is 9.90 Å². The van der Waals surface area contributed by atoms with Crippen molar-refractivity contribution in [3.05, 3.63) is 69.4 Å². The van der Waals surface area contributed by atoms with E-state index in [2.05, 4.69) is 42.7 Å². The number of rotatable bonds is 4. The third kappa shape index (κ3) is 3.37. The first-order chi connectivity index (χ1) is 12.9. The lowest BCUT2D eigenvalue weighted by atomic mass is 9.84. The van der Waals surface area contributed by atoms with Crippen LogP contribution in [0.15, 0.2) is 36.4 Å². The zero-order valence-electron chi connectivity index (χ0n) is 15.8. The van der Waals surface area contributed by atoms with Gasteiger partial charge < -0.3 is 9.67 Å². The zero-order valence-corrected chi connectivity index (χ0v) is 16.5. The Kier molecular flexibility index (Phi) is 4.73. The second-order valence-corrected chi connectivity index (χ2v) is 8.18. The molecule has 0 fully saturated rings. The number of carboxylic acids is 1. The number of carboxylic acid groups (broad SMARTS) is 1. The molecule has 1 unspecified atom stereocenters. The molecule has 1 aliphatic rings. The quantitative estimate of drug-likeness (QED) is 0.615. The molecular weight excluding hydrogens is 358 g/mol. The van der Waals surface area contributed by atoms with Gasteiger partial charge in [-0.3, -0.25) is 4.79 Å². The fourth-order valence-corrected chi connectivity index (χ4v) is 4.83. The molecule has 0 radical (unpaired) electrons. The maximum atomic E-state index is 11.5. The van der Waals surface area contributed by atoms with Crippen LogP contribution in [0, 0.1) is 13.8 Å². The van der Waals surface area contributed by atoms with E-state index in [1.807, 2.05) is 12.1 Å². The summed E-state index contributed by atoms with van der Waals surface area (Å²) in [6.07, 6.45) is 3.21. The van der Waals surface area contributed by atoms with E-state index in [4.69, 9.17) is 11.6 Å². The first-order valence-corrected chi connectivity index (χ1v) is 9.90. The zero-order chi connectivity index (χ0) is 19.1. The molecule has 2 aromatic carbocycles. The van der Waals surface area contributed by atoms with Gasteiger partial charge in [-0.1, -0.05) is 35.4 Å². The van der Waals surface area contributed by atoms with Crippen LogP contribution in [-0.2, 0) is 17.8 Å². The minimum Gasteiger partial charge on any atom is -0.481 e. The summed E-state index contributed by atoms with van der Waals surface area (Å²) in [5, 5.41) is 11.5. The standard InChI is InChI=1S/C23H24ClNO2/c1-14-10-15(2)22-20(11-14)19-5-3-4-17(12-21(26)27)23(19)25(22)13-16-6-8-18(24)9-7-16/h6-11,17H,3-5,12-13H2,1-2H3,(H,26,27). The summed E-state index contributed by atoms with van der Waals surface area (Å²) < 4.78 is 2.37. The van der Waals surface area contributed by atoms with E-state index in [0.717, 1.165) is 30.8 Å². The monoisotopic (exact) mass is 381 g/mol. The van der Waals surface area contributed by atoms with Crippen LogP contribution in [0.1, 0.15) is 53.1 Å². The van der Waals surface area contributed by atoms with Crippen LogP contribution in [-0.4, -0.2) is 15.6 Å². The summed E-state index contributed by atoms with van der Waals surface area (Å²) in [6, 6.07) is 12.4. The van der Waals surface area contributed by atoms with E-state index in [1.165, 1.54) is 38.9 Å². The summed E-state index contributed by atoms with van der Waals surface area (Å²) in [5.41, 5.74) is 7.51. The van der Waals surface area contributed by atoms with Crippen molar-refractivity contribution in [3.63, 3.8) is 0 Å². The molecular formula is C23H24ClNO2. The third-order valence-corrected chi connectivity index (χ3v) is 5.93. The van der Waals surface area contributed by atoms with Crippen molar-refractivity contribution in [2.75, 3.05) is 0 Å². The van der Waals surface area contributed by atoms with E-state index in [0.29, 0.717) is 0 Å². The number of hydrogen-bond donors (Lipinski definition) is 1. The summed E-state index contributed by atoms with van der Waals surface area (Å²) in [4.78, 5) is 11.5. The molecule has 0 saturated heterocycles. The van der Waals surface area contributed by atoms with Gasteiger partial charge in [0.1, 0.15) is 0 Å². The molecule has 140 valence electrons. The second-order valence-electron chi connectivity index (χ2n) is 7.74. The molecule has 27 heavy (non-hydrogen) atoms. The molecule has 0 saturated carbocycles. The van der Waals surface area contributed by atoms with Crippen molar-refractivity contribution in [3.8, 4) is 0 Å². The largest absolute Gasteiger partial charge is 0.481 e. The Morgan fingerprint density at radius 2 is 1.96 bits per heavy atom. The highest BCUT2D eigenvalue weighted by atomic mass is 35.5. The Bertz CT molecular complexity index is 1020. The van der Waals surface area contributed by atoms with Gasteiger partial charge in [-0.25, -0.2) is 0 Å². The number of aryl methyl sites for hydroxylation is 3. The number of halogens is 1. The lowest BCUT2D eigenvalue weighted by molar-refractivity contribution is -0.137. The number of fused-ring (bicyclic) bond motifs is 3. The van der Waals surface area contributed by atoms with Crippen LogP contribution >= 0.6 is 11.6 Å². The SMILES string of the molecule is Cc1cc(C)c2c(c1)c1c(n2Cc2ccc(Cl)cc2)C(CC(=O)O)CCC1. The fraction of sp³-hybridized carbons (Fsp3) is 0.348. The van der Waals surface area contributed by atoms with Crippen LogP contribution < -0.4 is 0 Å². The van der Waals surface area contributed by atoms with Gasteiger partial charge in [0.15, 0.2) is 0 Å². The number of nitrogens with zero attached hydrogens (tertiary/aromatic N) is 1. The fourth-order valence-electron chi connectivity index (χ4n) is 4.71. The molecule has 3 nitrogen and oxygen atoms in total. The Morgan fingerprint density at radius 3 is 2.67 bits per heavy atom. The predicted molar refractivity (Wildman–Crippen MR) is 110 cm³/mol. The molecule has 0 bridgehead atoms. The average molecular weight is 382 g/mol. The Morgan fingerprint density at radius 1 is 1.22 bits per heavy atom. The second kappa shape index (κ2) is 7.05. The lowest BCUT2D eigenvalue weighted by Gasteiger charge is -2.25. The number of carbonyl (C=O) groups is 1. The van der Waals surface area contributed by atoms with Gasteiger partial charge in [0.05, 0.1) is 11.9 Å². The smallest absolute Gasteiger partial charge is 0.304 e. The summed E-state index contributed by atoms with van der Waals surface area (Å²) in [6.45, 7) is 5.03. The number of benzene rings is 2. The Balaban J connectivity index is 1.94. The van der Waals surface area contributed by atoms with Gasteiger partial charge in [-0.05, 0) is 68.0 Å². The van der Waals surface area contributed by atoms with Crippen molar-refractivity contribution in [1.82, 2.24) is 4.57 Å². The van der Waals surface area contributed by atoms with E-state index in [-0.39, 0.29) is 12.3 Å². The van der Waals surface area contributed by atoms with Crippen molar-refractivity contribution in [2.24, 2.45) is 0 Å². The van der Waals surface area contributed by atoms with Crippen LogP contribution in [0.4, 0.5) is 0 Å². The highest BCUT2D eigenvalue weighted by Gasteiger charge is 2.29. The number of aromatic nitrogens is 1. The lowest BCUT2D eigenvalue weighted by Crippen LogP contribution is -2.17. The number of aliphatic carboxylic acids is 1. The molecule has 4 rings (SSSR count). The minimum atomic E-state index is -0.718. The summed E-state index contributed by atoms with van der Waals surface area (Å²) >= 11 is 6.05. The molecule has 1 aromatic heterocycles. The molecule has 4 heteroatoms. The predicted octanol–water partition coefficient (Wildman–Crippen LogP) is 5.85. The van der Waals surface area contributed by atoms with Crippen molar-refractivity contribution >= 4 is 28.5 Å². The van der Waals surface area contributed by atoms with E-state index >= 15 is 0 Å². The van der Waals surface area contributed by atoms with Gasteiger partial charge in [-0.15, -0.1) is 0 Å². The molecule has 1 aliphatic carbocycles. The molecule has 0 aliphatic heterocycles. The molecule has 0 spiro atoms. The van der Waals surface area contributed by atoms with Crippen LogP contribution in [0.5, 0.6) is 0 Å². The molecule has 0 amide bonds. The van der Waals surface area contributed by atoms with E-state index in [1.54, 1.807) is 0 Å². The van der Waals surface area contributed by atoms with Gasteiger partial charge in [0, 0.05) is 28.6 Å². The molecule has 1 N–H and O–H groups in total. The molecule has 3 aromatic rings. The van der Waals surface area contributed by atoms with Gasteiger partial charge in [0.25, 0.3) is 0 Å². The summed E-state index contributed by atoms with van der Waals surface area (Å²) in [7, 11) is 0. The number of hydrogen-bond acceptors (Lipinski definition) is 1. The minimum absolute atomic E-state index is 0.0747. The van der Waals surface area contributed by atoms with Crippen LogP contribution in [0.3, 0.4) is 0 Å². The van der Waals surface area contributed by atoms with Gasteiger partial charge in [-0.2, -0.15) is 0 Å². The average Bonchev–Trinajstić information content (AvgIpc) is 2.91. The van der Waals surface area contributed by atoms with Crippen molar-refractivity contribution in [1.29, 1.82) is 0 Å². The highest BCUT2D eigenvalue weighted by molar-refractivity contribution is 6.30. The maximum absolute atomic E-state index is 11.5. The molecule has 1 heterocycles. The van der Waals surface area contributed by atoms with Crippen LogP contribution in [0.25, 0.3) is 10.9 Å². The first-order valence-electron chi connectivity index (χ1n) is 9.52. The summed E-state index contributed by atoms with van der Waals surface area (Å²) in [5.74, 6) is -0.644. The topological polar surface area (TPSA) is 42.2 Å². The Hall–Kier alpha value is -2.26. The van der Waals surface area contributed by atoms with Crippen molar-refractivity contribution in [2.45, 2.75) is 52.0 Å². The maximum Gasteiger partial charge on any atom is 0.304 e. The Labute approximate surface area is 164 Å². The highest BCUT2D eigenvalue weighted by Crippen LogP contribution is 2.41. The molecule has 1 atom stereocenters. The first kappa shape index (κ1) is 18.1.